The first-order chi connectivity index (χ1) is 9.91. The van der Waals surface area contributed by atoms with Crippen LogP contribution >= 0.6 is 0 Å². The van der Waals surface area contributed by atoms with E-state index < -0.39 is 16.2 Å². The standard InChI is InChI=1S/C17H31BO3Si/c1-16(2,3)13-9-14(17(4,5)6)11-15(10-13)18(19)20-12-21-22(7)8/h9-11,19,22H,12H2,1-8H3. The summed E-state index contributed by atoms with van der Waals surface area (Å²) in [4.78, 5) is 0. The fraction of sp³-hybridized carbons (Fsp3) is 0.647. The lowest BCUT2D eigenvalue weighted by atomic mass is 9.72. The van der Waals surface area contributed by atoms with Crippen molar-refractivity contribution in [2.24, 2.45) is 0 Å². The van der Waals surface area contributed by atoms with E-state index in [0.29, 0.717) is 0 Å². The first-order valence-electron chi connectivity index (χ1n) is 7.98. The highest BCUT2D eigenvalue weighted by Crippen LogP contribution is 2.28. The minimum absolute atomic E-state index is 0.0249. The van der Waals surface area contributed by atoms with E-state index >= 15 is 0 Å². The molecule has 0 heterocycles. The van der Waals surface area contributed by atoms with Gasteiger partial charge in [0.2, 0.25) is 0 Å². The summed E-state index contributed by atoms with van der Waals surface area (Å²) in [6.07, 6.45) is 0. The fourth-order valence-corrected chi connectivity index (χ4v) is 2.35. The van der Waals surface area contributed by atoms with Gasteiger partial charge in [-0.3, -0.25) is 0 Å². The number of benzene rings is 1. The average molecular weight is 322 g/mol. The SMILES string of the molecule is C[SiH](C)OCOB(O)c1cc(C(C)(C)C)cc(C(C)(C)C)c1. The maximum atomic E-state index is 10.3. The van der Waals surface area contributed by atoms with Gasteiger partial charge >= 0.3 is 7.12 Å². The Balaban J connectivity index is 3.07. The molecule has 0 aromatic heterocycles. The molecule has 0 aliphatic rings. The van der Waals surface area contributed by atoms with Crippen LogP contribution < -0.4 is 5.46 Å². The van der Waals surface area contributed by atoms with Gasteiger partial charge < -0.3 is 14.1 Å². The Kier molecular flexibility index (Phi) is 6.45. The Labute approximate surface area is 137 Å². The molecule has 0 aliphatic heterocycles. The van der Waals surface area contributed by atoms with E-state index in [9.17, 15) is 5.02 Å². The maximum absolute atomic E-state index is 10.3. The van der Waals surface area contributed by atoms with E-state index in [1.807, 2.05) is 12.1 Å². The Bertz CT molecular complexity index is 457. The van der Waals surface area contributed by atoms with Crippen molar-refractivity contribution in [2.75, 3.05) is 6.79 Å². The van der Waals surface area contributed by atoms with Gasteiger partial charge in [-0.05, 0) is 40.5 Å². The highest BCUT2D eigenvalue weighted by Gasteiger charge is 2.25. The highest BCUT2D eigenvalue weighted by atomic mass is 28.3. The molecule has 124 valence electrons. The Morgan fingerprint density at radius 1 is 0.955 bits per heavy atom. The van der Waals surface area contributed by atoms with Crippen LogP contribution in [0.25, 0.3) is 0 Å². The summed E-state index contributed by atoms with van der Waals surface area (Å²) in [5.41, 5.74) is 3.26. The lowest BCUT2D eigenvalue weighted by Gasteiger charge is -2.26. The molecule has 0 radical (unpaired) electrons. The molecule has 5 heteroatoms. The molecule has 1 rings (SSSR count). The second-order valence-corrected chi connectivity index (χ2v) is 10.6. The average Bonchev–Trinajstić information content (AvgIpc) is 2.35. The monoisotopic (exact) mass is 322 g/mol. The number of hydrogen-bond acceptors (Lipinski definition) is 3. The normalized spacial score (nSPS) is 12.8. The van der Waals surface area contributed by atoms with E-state index in [1.165, 1.54) is 11.1 Å². The van der Waals surface area contributed by atoms with Gasteiger partial charge in [-0.15, -0.1) is 0 Å². The van der Waals surface area contributed by atoms with Crippen LogP contribution in [0.1, 0.15) is 52.7 Å². The fourth-order valence-electron chi connectivity index (χ4n) is 2.00. The zero-order valence-corrected chi connectivity index (χ0v) is 16.5. The van der Waals surface area contributed by atoms with E-state index in [1.54, 1.807) is 0 Å². The number of rotatable bonds is 5. The Hall–Kier alpha value is -0.618. The molecule has 22 heavy (non-hydrogen) atoms. The van der Waals surface area contributed by atoms with Gasteiger partial charge in [0.1, 0.15) is 6.79 Å². The van der Waals surface area contributed by atoms with Crippen LogP contribution in [-0.4, -0.2) is 28.0 Å². The summed E-state index contributed by atoms with van der Waals surface area (Å²) in [5, 5.41) is 10.3. The van der Waals surface area contributed by atoms with E-state index in [4.69, 9.17) is 9.08 Å². The van der Waals surface area contributed by atoms with Crippen LogP contribution in [0.5, 0.6) is 0 Å². The van der Waals surface area contributed by atoms with E-state index in [-0.39, 0.29) is 17.6 Å². The highest BCUT2D eigenvalue weighted by molar-refractivity contribution is 6.60. The summed E-state index contributed by atoms with van der Waals surface area (Å²) in [6, 6.07) is 6.30. The topological polar surface area (TPSA) is 38.7 Å². The molecule has 0 saturated heterocycles. The van der Waals surface area contributed by atoms with Crippen molar-refractivity contribution >= 4 is 21.6 Å². The van der Waals surface area contributed by atoms with Crippen LogP contribution in [0.3, 0.4) is 0 Å². The third-order valence-electron chi connectivity index (χ3n) is 3.60. The molecule has 0 spiro atoms. The molecule has 0 fully saturated rings. The third-order valence-corrected chi connectivity index (χ3v) is 4.40. The maximum Gasteiger partial charge on any atom is 0.492 e. The van der Waals surface area contributed by atoms with Crippen LogP contribution in [-0.2, 0) is 19.9 Å². The molecule has 1 aromatic rings. The van der Waals surface area contributed by atoms with Crippen molar-refractivity contribution in [3.8, 4) is 0 Å². The van der Waals surface area contributed by atoms with Gasteiger partial charge in [0.25, 0.3) is 0 Å². The summed E-state index contributed by atoms with van der Waals surface area (Å²) < 4.78 is 10.9. The van der Waals surface area contributed by atoms with Crippen molar-refractivity contribution < 1.29 is 14.1 Å². The van der Waals surface area contributed by atoms with Gasteiger partial charge in [-0.2, -0.15) is 0 Å². The molecule has 3 nitrogen and oxygen atoms in total. The smallest absolute Gasteiger partial charge is 0.423 e. The van der Waals surface area contributed by atoms with E-state index in [0.717, 1.165) is 5.46 Å². The molecule has 0 atom stereocenters. The van der Waals surface area contributed by atoms with Crippen LogP contribution in [0.2, 0.25) is 13.1 Å². The number of hydrogen-bond donors (Lipinski definition) is 1. The molecule has 0 amide bonds. The lowest BCUT2D eigenvalue weighted by Crippen LogP contribution is -2.37. The molecule has 1 N–H and O–H groups in total. The Morgan fingerprint density at radius 2 is 1.41 bits per heavy atom. The zero-order chi connectivity index (χ0) is 17.1. The van der Waals surface area contributed by atoms with Gasteiger partial charge in [0.05, 0.1) is 0 Å². The van der Waals surface area contributed by atoms with Crippen molar-refractivity contribution in [1.82, 2.24) is 0 Å². The van der Waals surface area contributed by atoms with Gasteiger partial charge in [-0.25, -0.2) is 0 Å². The zero-order valence-electron chi connectivity index (χ0n) is 15.4. The molecule has 0 unspecified atom stereocenters. The predicted octanol–water partition coefficient (Wildman–Crippen LogP) is 2.94. The summed E-state index contributed by atoms with van der Waals surface area (Å²) in [7, 11) is -2.08. The van der Waals surface area contributed by atoms with Crippen molar-refractivity contribution in [3.63, 3.8) is 0 Å². The molecule has 0 saturated carbocycles. The molecule has 1 aromatic carbocycles. The molecular weight excluding hydrogens is 291 g/mol. The minimum atomic E-state index is -1.13. The molecule has 0 aliphatic carbocycles. The largest absolute Gasteiger partial charge is 0.492 e. The second kappa shape index (κ2) is 7.30. The summed E-state index contributed by atoms with van der Waals surface area (Å²) in [6.45, 7) is 17.4. The van der Waals surface area contributed by atoms with Crippen molar-refractivity contribution in [3.05, 3.63) is 29.3 Å². The lowest BCUT2D eigenvalue weighted by molar-refractivity contribution is 0.103. The summed E-state index contributed by atoms with van der Waals surface area (Å²) >= 11 is 0. The van der Waals surface area contributed by atoms with Gasteiger partial charge in [0.15, 0.2) is 9.04 Å². The second-order valence-electron chi connectivity index (χ2n) is 8.20. The Morgan fingerprint density at radius 3 is 1.77 bits per heavy atom. The van der Waals surface area contributed by atoms with Crippen LogP contribution in [0.4, 0.5) is 0 Å². The van der Waals surface area contributed by atoms with Gasteiger partial charge in [-0.1, -0.05) is 59.7 Å². The minimum Gasteiger partial charge on any atom is -0.423 e. The van der Waals surface area contributed by atoms with E-state index in [2.05, 4.69) is 60.7 Å². The van der Waals surface area contributed by atoms with Crippen molar-refractivity contribution in [1.29, 1.82) is 0 Å². The quantitative estimate of drug-likeness (QED) is 0.669. The molecular formula is C17H31BO3Si. The first kappa shape index (κ1) is 19.4. The third kappa shape index (κ3) is 5.88. The van der Waals surface area contributed by atoms with Crippen LogP contribution in [0.15, 0.2) is 18.2 Å². The summed E-state index contributed by atoms with van der Waals surface area (Å²) in [5.74, 6) is 0. The molecule has 0 bridgehead atoms. The van der Waals surface area contributed by atoms with Gasteiger partial charge in [0, 0.05) is 0 Å². The first-order valence-corrected chi connectivity index (χ1v) is 10.8. The van der Waals surface area contributed by atoms with Crippen molar-refractivity contribution in [2.45, 2.75) is 65.5 Å². The van der Waals surface area contributed by atoms with Crippen LogP contribution in [0, 0.1) is 0 Å². The predicted molar refractivity (Wildman–Crippen MR) is 97.4 cm³/mol.